The molecule has 4 saturated carbocycles. The third-order valence-corrected chi connectivity index (χ3v) is 7.42. The zero-order chi connectivity index (χ0) is 17.7. The lowest BCUT2D eigenvalue weighted by Crippen LogP contribution is -2.47. The maximum Gasteiger partial charge on any atom is 0.260 e. The molecule has 1 aromatic carbocycles. The largest absolute Gasteiger partial charge is 0.298 e. The number of halogens is 1. The first-order valence-electron chi connectivity index (χ1n) is 9.59. The van der Waals surface area contributed by atoms with E-state index in [0.717, 1.165) is 29.9 Å². The molecule has 3 nitrogen and oxygen atoms in total. The molecular weight excluding hydrogens is 347 g/mol. The van der Waals surface area contributed by atoms with Gasteiger partial charge in [0, 0.05) is 5.38 Å². The number of carbonyl (C=O) groups excluding carboxylic acids is 1. The van der Waals surface area contributed by atoms with Crippen LogP contribution in [0.5, 0.6) is 0 Å². The summed E-state index contributed by atoms with van der Waals surface area (Å²) in [6, 6.07) is 6.04. The van der Waals surface area contributed by atoms with Crippen molar-refractivity contribution in [2.75, 3.05) is 5.32 Å². The molecular formula is C21H23FN2OS. The minimum Gasteiger partial charge on any atom is -0.298 e. The van der Waals surface area contributed by atoms with Crippen LogP contribution in [0.15, 0.2) is 29.6 Å². The molecule has 26 heavy (non-hydrogen) atoms. The summed E-state index contributed by atoms with van der Waals surface area (Å²) >= 11 is 1.44. The van der Waals surface area contributed by atoms with Crippen molar-refractivity contribution in [3.63, 3.8) is 0 Å². The van der Waals surface area contributed by atoms with Crippen molar-refractivity contribution in [3.8, 4) is 0 Å². The number of nitrogens with zero attached hydrogens (tertiary/aromatic N) is 1. The van der Waals surface area contributed by atoms with Crippen LogP contribution in [0.2, 0.25) is 0 Å². The second-order valence-electron chi connectivity index (χ2n) is 8.67. The van der Waals surface area contributed by atoms with Gasteiger partial charge < -0.3 is 0 Å². The first kappa shape index (κ1) is 16.4. The van der Waals surface area contributed by atoms with Crippen LogP contribution < -0.4 is 5.32 Å². The van der Waals surface area contributed by atoms with Gasteiger partial charge in [-0.15, -0.1) is 11.3 Å². The number of aromatic nitrogens is 1. The topological polar surface area (TPSA) is 42.0 Å². The Bertz CT molecular complexity index is 811. The Morgan fingerprint density at radius 1 is 1.15 bits per heavy atom. The van der Waals surface area contributed by atoms with E-state index in [-0.39, 0.29) is 5.56 Å². The maximum atomic E-state index is 13.8. The van der Waals surface area contributed by atoms with Crippen LogP contribution >= 0.6 is 11.3 Å². The lowest BCUT2D eigenvalue weighted by molar-refractivity contribution is -0.0525. The highest BCUT2D eigenvalue weighted by Gasteiger charge is 2.50. The van der Waals surface area contributed by atoms with Gasteiger partial charge in [0.15, 0.2) is 5.13 Å². The fourth-order valence-electron chi connectivity index (χ4n) is 6.15. The van der Waals surface area contributed by atoms with Crippen LogP contribution in [0, 0.1) is 29.0 Å². The van der Waals surface area contributed by atoms with Crippen molar-refractivity contribution >= 4 is 22.4 Å². The second-order valence-corrected chi connectivity index (χ2v) is 9.53. The summed E-state index contributed by atoms with van der Waals surface area (Å²) in [7, 11) is 0. The highest BCUT2D eigenvalue weighted by Crippen LogP contribution is 2.61. The molecule has 0 spiro atoms. The molecule has 4 bridgehead atoms. The van der Waals surface area contributed by atoms with Gasteiger partial charge in [0.05, 0.1) is 11.3 Å². The van der Waals surface area contributed by atoms with Crippen molar-refractivity contribution < 1.29 is 9.18 Å². The van der Waals surface area contributed by atoms with Crippen molar-refractivity contribution in [1.82, 2.24) is 4.98 Å². The van der Waals surface area contributed by atoms with Crippen molar-refractivity contribution in [2.45, 2.75) is 44.9 Å². The highest BCUT2D eigenvalue weighted by atomic mass is 32.1. The normalized spacial score (nSPS) is 32.0. The van der Waals surface area contributed by atoms with E-state index in [2.05, 4.69) is 15.7 Å². The van der Waals surface area contributed by atoms with Crippen molar-refractivity contribution in [2.24, 2.45) is 23.2 Å². The predicted octanol–water partition coefficient (Wildman–Crippen LogP) is 5.29. The summed E-state index contributed by atoms with van der Waals surface area (Å²) in [5.41, 5.74) is 1.58. The number of rotatable bonds is 4. The number of hydrogen-bond donors (Lipinski definition) is 1. The molecule has 2 aromatic rings. The molecule has 4 aliphatic rings. The monoisotopic (exact) mass is 370 g/mol. The summed E-state index contributed by atoms with van der Waals surface area (Å²) in [6.45, 7) is 0. The summed E-state index contributed by atoms with van der Waals surface area (Å²) in [5, 5.41) is 5.39. The minimum atomic E-state index is -0.504. The van der Waals surface area contributed by atoms with E-state index in [9.17, 15) is 9.18 Å². The zero-order valence-electron chi connectivity index (χ0n) is 14.7. The number of anilines is 1. The molecule has 1 aromatic heterocycles. The Balaban J connectivity index is 1.29. The average Bonchev–Trinajstić information content (AvgIpc) is 3.00. The van der Waals surface area contributed by atoms with Crippen LogP contribution in [0.4, 0.5) is 9.52 Å². The van der Waals surface area contributed by atoms with E-state index in [1.807, 2.05) is 0 Å². The molecule has 0 saturated heterocycles. The molecule has 4 aliphatic carbocycles. The molecule has 0 unspecified atom stereocenters. The SMILES string of the molecule is O=C(Nc1nc(CC23CC4CC(CC(C4)C2)C3)cs1)c1ccccc1F. The number of nitrogens with one attached hydrogen (secondary N) is 1. The first-order valence-corrected chi connectivity index (χ1v) is 10.5. The van der Waals surface area contributed by atoms with Gasteiger partial charge >= 0.3 is 0 Å². The Morgan fingerprint density at radius 2 is 1.81 bits per heavy atom. The van der Waals surface area contributed by atoms with Gasteiger partial charge in [0.25, 0.3) is 5.91 Å². The van der Waals surface area contributed by atoms with Gasteiger partial charge in [-0.1, -0.05) is 12.1 Å². The first-order chi connectivity index (χ1) is 12.6. The number of carbonyl (C=O) groups is 1. The molecule has 6 rings (SSSR count). The Morgan fingerprint density at radius 3 is 2.46 bits per heavy atom. The molecule has 5 heteroatoms. The van der Waals surface area contributed by atoms with E-state index >= 15 is 0 Å². The predicted molar refractivity (Wildman–Crippen MR) is 101 cm³/mol. The summed E-state index contributed by atoms with van der Waals surface area (Å²) in [5.74, 6) is 1.86. The fourth-order valence-corrected chi connectivity index (χ4v) is 6.85. The molecule has 0 atom stereocenters. The number of amides is 1. The maximum absolute atomic E-state index is 13.8. The Kier molecular flexibility index (Phi) is 3.89. The van der Waals surface area contributed by atoms with Gasteiger partial charge in [0.2, 0.25) is 0 Å². The van der Waals surface area contributed by atoms with Crippen LogP contribution in [0.25, 0.3) is 0 Å². The molecule has 4 fully saturated rings. The molecule has 0 aliphatic heterocycles. The average molecular weight is 370 g/mol. The molecule has 1 N–H and O–H groups in total. The van der Waals surface area contributed by atoms with Crippen LogP contribution in [0.3, 0.4) is 0 Å². The second kappa shape index (κ2) is 6.15. The van der Waals surface area contributed by atoms with Gasteiger partial charge in [-0.3, -0.25) is 10.1 Å². The van der Waals surface area contributed by atoms with E-state index in [1.165, 1.54) is 62.0 Å². The van der Waals surface area contributed by atoms with E-state index < -0.39 is 11.7 Å². The van der Waals surface area contributed by atoms with Crippen LogP contribution in [-0.2, 0) is 6.42 Å². The highest BCUT2D eigenvalue weighted by molar-refractivity contribution is 7.14. The van der Waals surface area contributed by atoms with Gasteiger partial charge in [-0.05, 0) is 80.2 Å². The Hall–Kier alpha value is -1.75. The number of thiazole rings is 1. The molecule has 1 amide bonds. The van der Waals surface area contributed by atoms with E-state index in [4.69, 9.17) is 0 Å². The number of benzene rings is 1. The summed E-state index contributed by atoms with van der Waals surface area (Å²) in [4.78, 5) is 16.9. The quantitative estimate of drug-likeness (QED) is 0.794. The lowest BCUT2D eigenvalue weighted by Gasteiger charge is -2.56. The van der Waals surface area contributed by atoms with Crippen molar-refractivity contribution in [1.29, 1.82) is 0 Å². The smallest absolute Gasteiger partial charge is 0.260 e. The molecule has 136 valence electrons. The van der Waals surface area contributed by atoms with Crippen LogP contribution in [0.1, 0.15) is 54.6 Å². The van der Waals surface area contributed by atoms with Gasteiger partial charge in [-0.2, -0.15) is 0 Å². The summed E-state index contributed by atoms with van der Waals surface area (Å²) < 4.78 is 13.8. The molecule has 1 heterocycles. The van der Waals surface area contributed by atoms with Gasteiger partial charge in [-0.25, -0.2) is 9.37 Å². The summed E-state index contributed by atoms with van der Waals surface area (Å²) in [6.07, 6.45) is 9.43. The van der Waals surface area contributed by atoms with Gasteiger partial charge in [0.1, 0.15) is 5.82 Å². The lowest BCUT2D eigenvalue weighted by atomic mass is 9.48. The number of hydrogen-bond acceptors (Lipinski definition) is 3. The Labute approximate surface area is 157 Å². The third kappa shape index (κ3) is 2.96. The minimum absolute atomic E-state index is 0.0605. The van der Waals surface area contributed by atoms with Crippen molar-refractivity contribution in [3.05, 3.63) is 46.7 Å². The van der Waals surface area contributed by atoms with Crippen LogP contribution in [-0.4, -0.2) is 10.9 Å². The standard InChI is InChI=1S/C21H23FN2OS/c22-18-4-2-1-3-17(18)19(25)24-20-23-16(12-26-20)11-21-8-13-5-14(9-21)7-15(6-13)10-21/h1-4,12-15H,5-11H2,(H,23,24,25). The third-order valence-electron chi connectivity index (χ3n) is 6.61. The van der Waals surface area contributed by atoms with E-state index in [0.29, 0.717) is 10.5 Å². The van der Waals surface area contributed by atoms with E-state index in [1.54, 1.807) is 12.1 Å². The zero-order valence-corrected chi connectivity index (χ0v) is 15.5. The molecule has 0 radical (unpaired) electrons. The fraction of sp³-hybridized carbons (Fsp3) is 0.524.